The van der Waals surface area contributed by atoms with Crippen molar-refractivity contribution in [2.24, 2.45) is 46.3 Å². The third-order valence-electron chi connectivity index (χ3n) is 13.5. The molecule has 4 saturated carbocycles. The van der Waals surface area contributed by atoms with E-state index in [0.717, 1.165) is 62.6 Å². The van der Waals surface area contributed by atoms with Crippen molar-refractivity contribution in [1.82, 2.24) is 5.32 Å². The number of hydrogen-bond acceptors (Lipinski definition) is 5. The number of carboxylic acids is 1. The summed E-state index contributed by atoms with van der Waals surface area (Å²) in [5.74, 6) is 0.754. The van der Waals surface area contributed by atoms with Gasteiger partial charge in [0.1, 0.15) is 6.04 Å². The third kappa shape index (κ3) is 7.29. The molecule has 0 saturated heterocycles. The van der Waals surface area contributed by atoms with E-state index in [1.165, 1.54) is 0 Å². The molecule has 0 bridgehead atoms. The Balaban J connectivity index is 1.13. The van der Waals surface area contributed by atoms with Crippen LogP contribution in [0.5, 0.6) is 0 Å². The van der Waals surface area contributed by atoms with Gasteiger partial charge in [0, 0.05) is 18.5 Å². The second-order valence-corrected chi connectivity index (χ2v) is 17.3. The Morgan fingerprint density at radius 1 is 0.894 bits per heavy atom. The van der Waals surface area contributed by atoms with Crippen molar-refractivity contribution in [2.45, 2.75) is 142 Å². The predicted octanol–water partition coefficient (Wildman–Crippen LogP) is 6.68. The number of carboxylic acid groups (broad SMARTS) is 1. The average molecular weight is 653 g/mol. The molecule has 8 nitrogen and oxygen atoms in total. The topological polar surface area (TPSA) is 136 Å². The molecule has 47 heavy (non-hydrogen) atoms. The summed E-state index contributed by atoms with van der Waals surface area (Å²) in [5.41, 5.74) is 1.89. The lowest BCUT2D eigenvalue weighted by atomic mass is 9.43. The molecule has 1 aromatic rings. The molecule has 4 aliphatic rings. The smallest absolute Gasteiger partial charge is 0.326 e. The number of fused-ring (bicyclic) bond motifs is 5. The summed E-state index contributed by atoms with van der Waals surface area (Å²) in [7, 11) is 0. The van der Waals surface area contributed by atoms with E-state index < -0.39 is 12.0 Å². The number of para-hydroxylation sites is 1. The molecule has 1 aromatic carbocycles. The fraction of sp³-hybridized carbons (Fsp3) is 0.769. The maximum Gasteiger partial charge on any atom is 0.326 e. The monoisotopic (exact) mass is 652 g/mol. The van der Waals surface area contributed by atoms with E-state index >= 15 is 0 Å². The number of rotatable bonds is 10. The molecule has 4 aliphatic carbocycles. The predicted molar refractivity (Wildman–Crippen MR) is 184 cm³/mol. The van der Waals surface area contributed by atoms with Crippen molar-refractivity contribution in [2.75, 3.05) is 5.32 Å². The molecular formula is C39H60N2O6. The van der Waals surface area contributed by atoms with Gasteiger partial charge in [-0.3, -0.25) is 9.59 Å². The third-order valence-corrected chi connectivity index (χ3v) is 13.5. The van der Waals surface area contributed by atoms with E-state index in [4.69, 9.17) is 0 Å². The number of aliphatic hydroxyl groups excluding tert-OH is 2. The highest BCUT2D eigenvalue weighted by atomic mass is 16.4. The summed E-state index contributed by atoms with van der Waals surface area (Å²) >= 11 is 0. The maximum atomic E-state index is 13.0. The number of nitrogens with one attached hydrogen (secondary N) is 2. The van der Waals surface area contributed by atoms with Gasteiger partial charge in [-0.25, -0.2) is 4.79 Å². The minimum atomic E-state index is -1.13. The molecule has 5 N–H and O–H groups in total. The normalized spacial score (nSPS) is 36.3. The average Bonchev–Trinajstić information content (AvgIpc) is 3.35. The molecule has 0 unspecified atom stereocenters. The molecule has 0 aliphatic heterocycles. The van der Waals surface area contributed by atoms with Gasteiger partial charge in [-0.1, -0.05) is 59.7 Å². The van der Waals surface area contributed by atoms with Crippen molar-refractivity contribution in [1.29, 1.82) is 0 Å². The summed E-state index contributed by atoms with van der Waals surface area (Å²) in [5, 5.41) is 37.3. The zero-order valence-corrected chi connectivity index (χ0v) is 29.6. The summed E-state index contributed by atoms with van der Waals surface area (Å²) in [4.78, 5) is 37.8. The highest BCUT2D eigenvalue weighted by Crippen LogP contribution is 2.68. The number of benzene rings is 1. The van der Waals surface area contributed by atoms with Crippen LogP contribution < -0.4 is 10.6 Å². The van der Waals surface area contributed by atoms with Crippen molar-refractivity contribution >= 4 is 23.5 Å². The molecule has 5 rings (SSSR count). The van der Waals surface area contributed by atoms with E-state index in [0.29, 0.717) is 41.9 Å². The lowest BCUT2D eigenvalue weighted by molar-refractivity contribution is -0.174. The van der Waals surface area contributed by atoms with Gasteiger partial charge in [0.25, 0.3) is 0 Å². The lowest BCUT2D eigenvalue weighted by Gasteiger charge is -2.62. The number of hydrogen-bond donors (Lipinski definition) is 5. The summed E-state index contributed by atoms with van der Waals surface area (Å²) < 4.78 is 0. The van der Waals surface area contributed by atoms with Crippen LogP contribution in [-0.2, 0) is 19.8 Å². The van der Waals surface area contributed by atoms with Gasteiger partial charge in [-0.2, -0.15) is 0 Å². The number of aliphatic hydroxyl groups is 2. The molecule has 0 spiro atoms. The number of carbonyl (C=O) groups excluding carboxylic acids is 2. The van der Waals surface area contributed by atoms with Crippen LogP contribution in [0.15, 0.2) is 24.3 Å². The van der Waals surface area contributed by atoms with E-state index in [1.54, 1.807) is 0 Å². The Hall–Kier alpha value is -2.45. The van der Waals surface area contributed by atoms with Gasteiger partial charge in [-0.05, 0) is 128 Å². The van der Waals surface area contributed by atoms with E-state index in [1.807, 2.05) is 24.3 Å². The SMILES string of the molecule is C[C@H](CCC(=O)N[C@@H](CCC(=O)Nc1ccccc1C(C)(C)C)C(=O)O)[C@H]1CC[C@H]2[C@@H]3[C@H](O)C[C@H]4C[C@H](O)CC[C@]4(C)[C@H]3CC[C@]12C. The Kier molecular flexibility index (Phi) is 10.5. The standard InChI is InChI=1S/C39H60N2O6/c1-23(11-15-33(44)41-31(36(46)47)14-16-34(45)40-30-10-8-7-9-27(30)37(2,3)4)26-12-13-28-35-29(18-20-39(26,28)6)38(5)19-17-25(42)21-24(38)22-32(35)43/h7-10,23-26,28-29,31-32,35,42-43H,11-22H2,1-6H3,(H,40,45)(H,41,44)(H,46,47)/t23-,24-,25-,26-,28+,29+,31+,32-,35+,38+,39-/m1/s1. The Labute approximate surface area is 281 Å². The van der Waals surface area contributed by atoms with Crippen LogP contribution in [0.3, 0.4) is 0 Å². The van der Waals surface area contributed by atoms with Crippen LogP contribution in [0.4, 0.5) is 5.69 Å². The lowest BCUT2D eigenvalue weighted by Crippen LogP contribution is -2.58. The fourth-order valence-electron chi connectivity index (χ4n) is 11.0. The maximum absolute atomic E-state index is 13.0. The van der Waals surface area contributed by atoms with Crippen molar-refractivity contribution in [3.05, 3.63) is 29.8 Å². The fourth-order valence-corrected chi connectivity index (χ4v) is 11.0. The van der Waals surface area contributed by atoms with Crippen LogP contribution in [0.2, 0.25) is 0 Å². The molecule has 0 aromatic heterocycles. The zero-order chi connectivity index (χ0) is 34.3. The second-order valence-electron chi connectivity index (χ2n) is 17.3. The minimum absolute atomic E-state index is 0.0116. The van der Waals surface area contributed by atoms with E-state index in [2.05, 4.69) is 52.2 Å². The van der Waals surface area contributed by atoms with E-state index in [9.17, 15) is 29.7 Å². The first kappa shape index (κ1) is 35.8. The Morgan fingerprint density at radius 3 is 2.26 bits per heavy atom. The quantitative estimate of drug-likeness (QED) is 0.191. The molecule has 4 fully saturated rings. The molecular weight excluding hydrogens is 592 g/mol. The molecule has 8 heteroatoms. The number of carbonyl (C=O) groups is 3. The minimum Gasteiger partial charge on any atom is -0.480 e. The highest BCUT2D eigenvalue weighted by molar-refractivity contribution is 5.92. The summed E-state index contributed by atoms with van der Waals surface area (Å²) in [6.45, 7) is 13.3. The Bertz CT molecular complexity index is 1310. The second kappa shape index (κ2) is 13.8. The molecule has 2 amide bonds. The van der Waals surface area contributed by atoms with Crippen molar-refractivity contribution in [3.63, 3.8) is 0 Å². The van der Waals surface area contributed by atoms with Crippen LogP contribution in [0, 0.1) is 46.3 Å². The zero-order valence-electron chi connectivity index (χ0n) is 29.6. The highest BCUT2D eigenvalue weighted by Gasteiger charge is 2.62. The van der Waals surface area contributed by atoms with Gasteiger partial charge in [-0.15, -0.1) is 0 Å². The first-order valence-electron chi connectivity index (χ1n) is 18.3. The molecule has 0 heterocycles. The van der Waals surface area contributed by atoms with Crippen LogP contribution in [0.1, 0.15) is 124 Å². The van der Waals surface area contributed by atoms with Crippen LogP contribution in [-0.4, -0.2) is 51.4 Å². The van der Waals surface area contributed by atoms with Crippen molar-refractivity contribution < 1.29 is 29.7 Å². The van der Waals surface area contributed by atoms with E-state index in [-0.39, 0.29) is 59.5 Å². The molecule has 0 radical (unpaired) electrons. The first-order chi connectivity index (χ1) is 22.0. The first-order valence-corrected chi connectivity index (χ1v) is 18.3. The van der Waals surface area contributed by atoms with Crippen molar-refractivity contribution in [3.8, 4) is 0 Å². The molecule has 262 valence electrons. The number of anilines is 1. The van der Waals surface area contributed by atoms with Crippen LogP contribution in [0.25, 0.3) is 0 Å². The largest absolute Gasteiger partial charge is 0.480 e. The number of amides is 2. The Morgan fingerprint density at radius 2 is 1.55 bits per heavy atom. The number of aliphatic carboxylic acids is 1. The van der Waals surface area contributed by atoms with Gasteiger partial charge >= 0.3 is 5.97 Å². The summed E-state index contributed by atoms with van der Waals surface area (Å²) in [6.07, 6.45) is 8.44. The molecule has 11 atom stereocenters. The van der Waals surface area contributed by atoms with Crippen LogP contribution >= 0.6 is 0 Å². The van der Waals surface area contributed by atoms with Gasteiger partial charge in [0.2, 0.25) is 11.8 Å². The van der Waals surface area contributed by atoms with Gasteiger partial charge in [0.15, 0.2) is 0 Å². The van der Waals surface area contributed by atoms with Gasteiger partial charge < -0.3 is 26.0 Å². The van der Waals surface area contributed by atoms with Gasteiger partial charge in [0.05, 0.1) is 12.2 Å². The summed E-state index contributed by atoms with van der Waals surface area (Å²) in [6, 6.07) is 6.50.